The van der Waals surface area contributed by atoms with Crippen molar-refractivity contribution in [1.82, 2.24) is 0 Å². The zero-order chi connectivity index (χ0) is 22.0. The summed E-state index contributed by atoms with van der Waals surface area (Å²) in [7, 11) is 0. The van der Waals surface area contributed by atoms with Gasteiger partial charge in [-0.05, 0) is 80.4 Å². The predicted molar refractivity (Wildman–Crippen MR) is 117 cm³/mol. The number of fused-ring (bicyclic) bond motifs is 1. The molecule has 0 aliphatic heterocycles. The molecule has 2 aromatic heterocycles. The summed E-state index contributed by atoms with van der Waals surface area (Å²) in [5.74, 6) is 0.866. The molecule has 0 saturated heterocycles. The van der Waals surface area contributed by atoms with E-state index in [0.717, 1.165) is 11.1 Å². The molecule has 0 radical (unpaired) electrons. The Bertz CT molecular complexity index is 1280. The van der Waals surface area contributed by atoms with E-state index in [1.165, 1.54) is 6.26 Å². The number of carbonyl (C=O) groups is 1. The Kier molecular flexibility index (Phi) is 5.62. The molecule has 0 amide bonds. The highest BCUT2D eigenvalue weighted by Crippen LogP contribution is 2.32. The molecule has 0 aliphatic carbocycles. The zero-order valence-electron chi connectivity index (χ0n) is 17.6. The van der Waals surface area contributed by atoms with Gasteiger partial charge in [0.2, 0.25) is 16.9 Å². The number of benzene rings is 2. The van der Waals surface area contributed by atoms with E-state index in [4.69, 9.17) is 18.3 Å². The van der Waals surface area contributed by atoms with Gasteiger partial charge in [0, 0.05) is 5.56 Å². The van der Waals surface area contributed by atoms with Gasteiger partial charge in [-0.25, -0.2) is 0 Å². The van der Waals surface area contributed by atoms with Gasteiger partial charge in [0.05, 0.1) is 18.3 Å². The van der Waals surface area contributed by atoms with Gasteiger partial charge in [-0.3, -0.25) is 9.59 Å². The second kappa shape index (κ2) is 8.52. The summed E-state index contributed by atoms with van der Waals surface area (Å²) in [6, 6.07) is 13.7. The van der Waals surface area contributed by atoms with Crippen LogP contribution in [0.25, 0.3) is 22.5 Å². The predicted octanol–water partition coefficient (Wildman–Crippen LogP) is 5.33. The molecule has 0 spiro atoms. The van der Waals surface area contributed by atoms with Crippen molar-refractivity contribution in [3.8, 4) is 23.0 Å². The topological polar surface area (TPSA) is 78.9 Å². The molecule has 158 valence electrons. The minimum Gasteiger partial charge on any atom is -0.494 e. The first-order valence-electron chi connectivity index (χ1n) is 9.98. The third kappa shape index (κ3) is 4.10. The van der Waals surface area contributed by atoms with Gasteiger partial charge in [-0.2, -0.15) is 0 Å². The zero-order valence-corrected chi connectivity index (χ0v) is 17.6. The van der Waals surface area contributed by atoms with Crippen molar-refractivity contribution in [2.75, 3.05) is 13.2 Å². The van der Waals surface area contributed by atoms with E-state index in [0.29, 0.717) is 34.6 Å². The normalized spacial score (nSPS) is 10.9. The number of ketones is 1. The molecule has 4 rings (SSSR count). The molecule has 2 aromatic carbocycles. The fourth-order valence-corrected chi connectivity index (χ4v) is 3.26. The number of Topliss-reactive ketones (excluding diaryl/α,β-unsaturated/α-hetero) is 1. The van der Waals surface area contributed by atoms with Crippen LogP contribution in [0.2, 0.25) is 0 Å². The van der Waals surface area contributed by atoms with Gasteiger partial charge in [0.15, 0.2) is 18.2 Å². The molecular weight excluding hydrogens is 396 g/mol. The number of carbonyl (C=O) groups excluding carboxylic acids is 1. The highest BCUT2D eigenvalue weighted by Gasteiger charge is 2.21. The Balaban J connectivity index is 1.69. The number of hydrogen-bond donors (Lipinski definition) is 0. The quantitative estimate of drug-likeness (QED) is 0.378. The third-order valence-corrected chi connectivity index (χ3v) is 5.04. The lowest BCUT2D eigenvalue weighted by molar-refractivity contribution is 0.0920. The number of rotatable bonds is 7. The molecule has 0 fully saturated rings. The first-order chi connectivity index (χ1) is 15.0. The summed E-state index contributed by atoms with van der Waals surface area (Å²) >= 11 is 0. The Morgan fingerprint density at radius 3 is 2.42 bits per heavy atom. The lowest BCUT2D eigenvalue weighted by Gasteiger charge is -2.11. The summed E-state index contributed by atoms with van der Waals surface area (Å²) in [4.78, 5) is 25.9. The highest BCUT2D eigenvalue weighted by molar-refractivity contribution is 5.97. The largest absolute Gasteiger partial charge is 0.494 e. The van der Waals surface area contributed by atoms with E-state index < -0.39 is 0 Å². The number of furan rings is 1. The van der Waals surface area contributed by atoms with E-state index in [1.807, 2.05) is 26.8 Å². The fourth-order valence-electron chi connectivity index (χ4n) is 3.26. The summed E-state index contributed by atoms with van der Waals surface area (Å²) in [6.45, 7) is 5.98. The molecule has 6 nitrogen and oxygen atoms in total. The highest BCUT2D eigenvalue weighted by atomic mass is 16.5. The standard InChI is InChI=1S/C25H22O6/c1-4-28-18-9-7-17(8-10-18)20(26)14-30-25-23(27)19-12-15(2)16(3)13-22(19)31-24(25)21-6-5-11-29-21/h5-13H,4,14H2,1-3H3. The van der Waals surface area contributed by atoms with Gasteiger partial charge in [0.25, 0.3) is 0 Å². The van der Waals surface area contributed by atoms with E-state index in [2.05, 4.69) is 0 Å². The van der Waals surface area contributed by atoms with Crippen LogP contribution in [0, 0.1) is 13.8 Å². The van der Waals surface area contributed by atoms with Gasteiger partial charge >= 0.3 is 0 Å². The van der Waals surface area contributed by atoms with Crippen LogP contribution in [-0.4, -0.2) is 19.0 Å². The lowest BCUT2D eigenvalue weighted by atomic mass is 10.1. The summed E-state index contributed by atoms with van der Waals surface area (Å²) in [5, 5.41) is 0.391. The first-order valence-corrected chi connectivity index (χ1v) is 9.98. The van der Waals surface area contributed by atoms with E-state index in [9.17, 15) is 9.59 Å². The van der Waals surface area contributed by atoms with Crippen molar-refractivity contribution in [2.24, 2.45) is 0 Å². The van der Waals surface area contributed by atoms with E-state index in [1.54, 1.807) is 42.5 Å². The van der Waals surface area contributed by atoms with Gasteiger partial charge in [-0.15, -0.1) is 0 Å². The third-order valence-electron chi connectivity index (χ3n) is 5.04. The van der Waals surface area contributed by atoms with Crippen LogP contribution in [0.15, 0.2) is 68.4 Å². The van der Waals surface area contributed by atoms with Crippen molar-refractivity contribution < 1.29 is 23.1 Å². The Labute approximate surface area is 179 Å². The smallest absolute Gasteiger partial charge is 0.235 e. The second-order valence-electron chi connectivity index (χ2n) is 7.17. The summed E-state index contributed by atoms with van der Waals surface area (Å²) in [6.07, 6.45) is 1.48. The SMILES string of the molecule is CCOc1ccc(C(=O)COc2c(-c3ccco3)oc3cc(C)c(C)cc3c2=O)cc1. The number of hydrogen-bond acceptors (Lipinski definition) is 6. The molecule has 4 aromatic rings. The first kappa shape index (κ1) is 20.5. The van der Waals surface area contributed by atoms with Gasteiger partial charge < -0.3 is 18.3 Å². The van der Waals surface area contributed by atoms with Crippen LogP contribution in [0.4, 0.5) is 0 Å². The molecule has 0 bridgehead atoms. The van der Waals surface area contributed by atoms with Crippen molar-refractivity contribution in [1.29, 1.82) is 0 Å². The van der Waals surface area contributed by atoms with Crippen LogP contribution in [0.1, 0.15) is 28.4 Å². The minimum atomic E-state index is -0.352. The molecule has 0 aliphatic rings. The van der Waals surface area contributed by atoms with Crippen LogP contribution in [0.5, 0.6) is 11.5 Å². The fraction of sp³-hybridized carbons (Fsp3) is 0.200. The minimum absolute atomic E-state index is 0.0509. The van der Waals surface area contributed by atoms with E-state index in [-0.39, 0.29) is 29.3 Å². The molecule has 31 heavy (non-hydrogen) atoms. The van der Waals surface area contributed by atoms with Crippen LogP contribution in [-0.2, 0) is 0 Å². The Morgan fingerprint density at radius 1 is 1.00 bits per heavy atom. The monoisotopic (exact) mass is 418 g/mol. The summed E-state index contributed by atoms with van der Waals surface area (Å²) in [5.41, 5.74) is 2.50. The maximum absolute atomic E-state index is 13.2. The van der Waals surface area contributed by atoms with Gasteiger partial charge in [-0.1, -0.05) is 0 Å². The van der Waals surface area contributed by atoms with Gasteiger partial charge in [0.1, 0.15) is 11.3 Å². The van der Waals surface area contributed by atoms with Crippen molar-refractivity contribution in [2.45, 2.75) is 20.8 Å². The molecule has 2 heterocycles. The average molecular weight is 418 g/mol. The maximum atomic E-state index is 13.2. The molecule has 6 heteroatoms. The Morgan fingerprint density at radius 2 is 1.74 bits per heavy atom. The molecule has 0 atom stereocenters. The van der Waals surface area contributed by atoms with Crippen LogP contribution in [0.3, 0.4) is 0 Å². The van der Waals surface area contributed by atoms with E-state index >= 15 is 0 Å². The molecule has 0 N–H and O–H groups in total. The maximum Gasteiger partial charge on any atom is 0.235 e. The number of aryl methyl sites for hydroxylation is 2. The Hall–Kier alpha value is -3.80. The molecular formula is C25H22O6. The summed E-state index contributed by atoms with van der Waals surface area (Å²) < 4.78 is 22.5. The molecule has 0 saturated carbocycles. The molecule has 0 unspecified atom stereocenters. The van der Waals surface area contributed by atoms with Crippen LogP contribution >= 0.6 is 0 Å². The lowest BCUT2D eigenvalue weighted by Crippen LogP contribution is -2.17. The van der Waals surface area contributed by atoms with Crippen molar-refractivity contribution in [3.63, 3.8) is 0 Å². The van der Waals surface area contributed by atoms with Crippen LogP contribution < -0.4 is 14.9 Å². The average Bonchev–Trinajstić information content (AvgIpc) is 3.30. The van der Waals surface area contributed by atoms with Crippen molar-refractivity contribution in [3.05, 3.63) is 81.7 Å². The second-order valence-corrected chi connectivity index (χ2v) is 7.17. The van der Waals surface area contributed by atoms with Crippen molar-refractivity contribution >= 4 is 16.8 Å². The number of ether oxygens (including phenoxy) is 2.